The van der Waals surface area contributed by atoms with Gasteiger partial charge in [-0.15, -0.1) is 0 Å². The molecule has 0 aromatic heterocycles. The maximum absolute atomic E-state index is 13.9. The number of para-hydroxylation sites is 1. The van der Waals surface area contributed by atoms with Crippen molar-refractivity contribution in [2.45, 2.75) is 142 Å². The van der Waals surface area contributed by atoms with Crippen molar-refractivity contribution in [3.05, 3.63) is 89.5 Å². The Bertz CT molecular complexity index is 1470. The van der Waals surface area contributed by atoms with E-state index in [1.54, 1.807) is 21.0 Å². The van der Waals surface area contributed by atoms with Gasteiger partial charge in [-0.1, -0.05) is 121 Å². The second kappa shape index (κ2) is 19.6. The van der Waals surface area contributed by atoms with E-state index in [0.717, 1.165) is 47.6 Å². The van der Waals surface area contributed by atoms with Crippen LogP contribution in [-0.4, -0.2) is 36.7 Å². The Balaban J connectivity index is 1.44. The highest BCUT2D eigenvalue weighted by molar-refractivity contribution is 6.07. The summed E-state index contributed by atoms with van der Waals surface area (Å²) in [5.41, 5.74) is 3.65. The van der Waals surface area contributed by atoms with Gasteiger partial charge in [0.1, 0.15) is 5.75 Å². The summed E-state index contributed by atoms with van der Waals surface area (Å²) in [7, 11) is 1.63. The third kappa shape index (κ3) is 10.4. The zero-order valence-corrected chi connectivity index (χ0v) is 31.5. The summed E-state index contributed by atoms with van der Waals surface area (Å²) >= 11 is 0. The van der Waals surface area contributed by atoms with Gasteiger partial charge < -0.3 is 19.6 Å². The Morgan fingerprint density at radius 2 is 1.32 bits per heavy atom. The van der Waals surface area contributed by atoms with Crippen LogP contribution in [-0.2, 0) is 10.2 Å². The van der Waals surface area contributed by atoms with E-state index in [-0.39, 0.29) is 18.0 Å². The van der Waals surface area contributed by atoms with Crippen LogP contribution in [0.2, 0.25) is 0 Å². The van der Waals surface area contributed by atoms with Crippen molar-refractivity contribution < 1.29 is 19.4 Å². The number of aliphatic carboxylic acids is 1. The average molecular weight is 683 g/mol. The van der Waals surface area contributed by atoms with E-state index in [4.69, 9.17) is 4.74 Å². The Hall–Kier alpha value is -3.80. The predicted octanol–water partition coefficient (Wildman–Crippen LogP) is 11.5. The number of carbonyl (C=O) groups is 2. The summed E-state index contributed by atoms with van der Waals surface area (Å²) in [6.45, 7) is 8.83. The van der Waals surface area contributed by atoms with E-state index in [0.29, 0.717) is 5.56 Å². The largest absolute Gasteiger partial charge is 0.497 e. The van der Waals surface area contributed by atoms with Crippen molar-refractivity contribution in [1.29, 1.82) is 0 Å². The first kappa shape index (κ1) is 39.0. The molecule has 6 nitrogen and oxygen atoms in total. The molecular weight excluding hydrogens is 620 g/mol. The summed E-state index contributed by atoms with van der Waals surface area (Å²) < 4.78 is 5.32. The number of methoxy groups -OCH3 is 1. The van der Waals surface area contributed by atoms with Crippen LogP contribution in [0.1, 0.15) is 152 Å². The molecule has 0 bridgehead atoms. The van der Waals surface area contributed by atoms with Crippen LogP contribution in [0.5, 0.6) is 5.75 Å². The fourth-order valence-electron chi connectivity index (χ4n) is 7.39. The molecule has 0 spiro atoms. The number of nitrogens with zero attached hydrogens (tertiary/aromatic N) is 2. The van der Waals surface area contributed by atoms with E-state index >= 15 is 0 Å². The van der Waals surface area contributed by atoms with Gasteiger partial charge in [-0.3, -0.25) is 9.59 Å². The molecule has 2 atom stereocenters. The normalized spacial score (nSPS) is 15.8. The molecule has 272 valence electrons. The molecule has 0 unspecified atom stereocenters. The van der Waals surface area contributed by atoms with Gasteiger partial charge in [0, 0.05) is 29.5 Å². The molecular formula is C44H62N2O4. The van der Waals surface area contributed by atoms with Gasteiger partial charge in [0.05, 0.1) is 18.6 Å². The number of hydrogen-bond donors (Lipinski definition) is 1. The SMILES string of the molecule is CCCCCCCCCCCCCCCCN(c1ccc(C(C)(C)C(=O)O)cc1)[C@@H]1C[C@H](C)N(C(=O)c2ccc(OC)cc2)c2ccccc21. The lowest BCUT2D eigenvalue weighted by Gasteiger charge is -2.44. The summed E-state index contributed by atoms with van der Waals surface area (Å²) in [5, 5.41) is 9.84. The van der Waals surface area contributed by atoms with Crippen LogP contribution in [0.25, 0.3) is 0 Å². The van der Waals surface area contributed by atoms with Gasteiger partial charge in [-0.2, -0.15) is 0 Å². The first-order valence-electron chi connectivity index (χ1n) is 19.4. The number of carboxylic acid groups (broad SMARTS) is 1. The lowest BCUT2D eigenvalue weighted by atomic mass is 9.84. The number of hydrogen-bond acceptors (Lipinski definition) is 4. The van der Waals surface area contributed by atoms with E-state index < -0.39 is 11.4 Å². The van der Waals surface area contributed by atoms with E-state index in [9.17, 15) is 14.7 Å². The van der Waals surface area contributed by atoms with Gasteiger partial charge in [-0.25, -0.2) is 0 Å². The maximum Gasteiger partial charge on any atom is 0.313 e. The number of unbranched alkanes of at least 4 members (excludes halogenated alkanes) is 13. The Labute approximate surface area is 302 Å². The highest BCUT2D eigenvalue weighted by Gasteiger charge is 2.37. The molecule has 3 aromatic rings. The molecule has 0 saturated carbocycles. The topological polar surface area (TPSA) is 70.1 Å². The second-order valence-corrected chi connectivity index (χ2v) is 14.8. The van der Waals surface area contributed by atoms with Crippen LogP contribution in [0.15, 0.2) is 72.8 Å². The van der Waals surface area contributed by atoms with Gasteiger partial charge in [0.2, 0.25) is 0 Å². The summed E-state index contributed by atoms with van der Waals surface area (Å²) in [5.74, 6) is -0.114. The number of fused-ring (bicyclic) bond motifs is 1. The van der Waals surface area contributed by atoms with Crippen LogP contribution in [0, 0.1) is 0 Å². The highest BCUT2D eigenvalue weighted by Crippen LogP contribution is 2.43. The first-order valence-corrected chi connectivity index (χ1v) is 19.4. The first-order chi connectivity index (χ1) is 24.2. The second-order valence-electron chi connectivity index (χ2n) is 14.8. The van der Waals surface area contributed by atoms with Gasteiger partial charge in [-0.05, 0) is 87.2 Å². The summed E-state index contributed by atoms with van der Waals surface area (Å²) in [6.07, 6.45) is 19.3. The summed E-state index contributed by atoms with van der Waals surface area (Å²) in [6, 6.07) is 23.9. The van der Waals surface area contributed by atoms with Crippen molar-refractivity contribution >= 4 is 23.3 Å². The number of carboxylic acids is 1. The molecule has 0 fully saturated rings. The maximum atomic E-state index is 13.9. The number of rotatable bonds is 21. The van der Waals surface area contributed by atoms with Crippen LogP contribution in [0.3, 0.4) is 0 Å². The third-order valence-corrected chi connectivity index (χ3v) is 10.7. The third-order valence-electron chi connectivity index (χ3n) is 10.7. The average Bonchev–Trinajstić information content (AvgIpc) is 3.13. The molecule has 0 radical (unpaired) electrons. The zero-order chi connectivity index (χ0) is 35.9. The van der Waals surface area contributed by atoms with Crippen molar-refractivity contribution in [3.8, 4) is 5.75 Å². The molecule has 1 aliphatic heterocycles. The number of anilines is 2. The standard InChI is InChI=1S/C44H62N2O4/c1-6-7-8-9-10-11-12-13-14-15-16-17-18-21-32-45(37-28-26-36(27-29-37)44(3,4)43(48)49)41-33-34(2)46(40-23-20-19-22-39(40)41)42(47)35-24-30-38(50-5)31-25-35/h19-20,22-31,34,41H,6-18,21,32-33H2,1-5H3,(H,48,49)/t34-,41+/m0/s1. The number of carbonyl (C=O) groups excluding carboxylic acids is 1. The van der Waals surface area contributed by atoms with Gasteiger partial charge in [0.25, 0.3) is 5.91 Å². The minimum atomic E-state index is -0.966. The van der Waals surface area contributed by atoms with Crippen LogP contribution >= 0.6 is 0 Å². The van der Waals surface area contributed by atoms with Gasteiger partial charge >= 0.3 is 5.97 Å². The molecule has 1 heterocycles. The molecule has 4 rings (SSSR count). The van der Waals surface area contributed by atoms with Crippen molar-refractivity contribution in [2.24, 2.45) is 0 Å². The molecule has 1 amide bonds. The number of amides is 1. The smallest absolute Gasteiger partial charge is 0.313 e. The Kier molecular flexibility index (Phi) is 15.2. The lowest BCUT2D eigenvalue weighted by molar-refractivity contribution is -0.142. The minimum absolute atomic E-state index is 0.00942. The molecule has 3 aromatic carbocycles. The van der Waals surface area contributed by atoms with Gasteiger partial charge in [0.15, 0.2) is 0 Å². The molecule has 6 heteroatoms. The minimum Gasteiger partial charge on any atom is -0.497 e. The zero-order valence-electron chi connectivity index (χ0n) is 31.5. The fraction of sp³-hybridized carbons (Fsp3) is 0.545. The molecule has 1 N–H and O–H groups in total. The number of benzene rings is 3. The lowest BCUT2D eigenvalue weighted by Crippen LogP contribution is -2.46. The van der Waals surface area contributed by atoms with Crippen molar-refractivity contribution in [3.63, 3.8) is 0 Å². The Morgan fingerprint density at radius 1 is 0.780 bits per heavy atom. The van der Waals surface area contributed by atoms with E-state index in [2.05, 4.69) is 49.1 Å². The fourth-order valence-corrected chi connectivity index (χ4v) is 7.39. The predicted molar refractivity (Wildman–Crippen MR) is 208 cm³/mol. The molecule has 0 saturated heterocycles. The van der Waals surface area contributed by atoms with E-state index in [1.165, 1.54) is 83.5 Å². The Morgan fingerprint density at radius 3 is 1.86 bits per heavy atom. The highest BCUT2D eigenvalue weighted by atomic mass is 16.5. The van der Waals surface area contributed by atoms with E-state index in [1.807, 2.05) is 47.4 Å². The van der Waals surface area contributed by atoms with Crippen molar-refractivity contribution in [1.82, 2.24) is 0 Å². The quantitative estimate of drug-likeness (QED) is 0.113. The molecule has 0 aliphatic carbocycles. The molecule has 1 aliphatic rings. The number of ether oxygens (including phenoxy) is 1. The van der Waals surface area contributed by atoms with Crippen molar-refractivity contribution in [2.75, 3.05) is 23.5 Å². The van der Waals surface area contributed by atoms with Crippen LogP contribution in [0.4, 0.5) is 11.4 Å². The monoisotopic (exact) mass is 682 g/mol. The van der Waals surface area contributed by atoms with Crippen LogP contribution < -0.4 is 14.5 Å². The summed E-state index contributed by atoms with van der Waals surface area (Å²) in [4.78, 5) is 30.4. The molecule has 50 heavy (non-hydrogen) atoms.